The number of rotatable bonds is 5. The van der Waals surface area contributed by atoms with Gasteiger partial charge in [-0.2, -0.15) is 0 Å². The third-order valence-corrected chi connectivity index (χ3v) is 6.33. The zero-order chi connectivity index (χ0) is 22.7. The van der Waals surface area contributed by atoms with Gasteiger partial charge in [0.2, 0.25) is 5.91 Å². The van der Waals surface area contributed by atoms with E-state index in [4.69, 9.17) is 4.74 Å². The lowest BCUT2D eigenvalue weighted by Crippen LogP contribution is -2.52. The number of amides is 2. The van der Waals surface area contributed by atoms with Crippen LogP contribution in [0, 0.1) is 6.92 Å². The second kappa shape index (κ2) is 9.63. The molecule has 32 heavy (non-hydrogen) atoms. The number of carbonyl (C=O) groups is 2. The van der Waals surface area contributed by atoms with Gasteiger partial charge in [0.15, 0.2) is 6.10 Å². The molecular formula is C26H33N3O3. The molecule has 6 nitrogen and oxygen atoms in total. The zero-order valence-corrected chi connectivity index (χ0v) is 19.3. The van der Waals surface area contributed by atoms with Gasteiger partial charge in [0, 0.05) is 18.8 Å². The van der Waals surface area contributed by atoms with E-state index in [1.54, 1.807) is 0 Å². The van der Waals surface area contributed by atoms with Crippen LogP contribution in [0.15, 0.2) is 42.5 Å². The third kappa shape index (κ3) is 4.74. The van der Waals surface area contributed by atoms with Crippen molar-refractivity contribution in [1.82, 2.24) is 4.90 Å². The summed E-state index contributed by atoms with van der Waals surface area (Å²) in [5, 5.41) is 3.13. The van der Waals surface area contributed by atoms with Crippen LogP contribution in [0.4, 0.5) is 11.4 Å². The van der Waals surface area contributed by atoms with Gasteiger partial charge in [-0.1, -0.05) is 44.2 Å². The van der Waals surface area contributed by atoms with Gasteiger partial charge in [0.1, 0.15) is 5.75 Å². The lowest BCUT2D eigenvalue weighted by atomic mass is 9.98. The Hall–Kier alpha value is -3.02. The van der Waals surface area contributed by atoms with Crippen LogP contribution in [0.25, 0.3) is 0 Å². The molecule has 0 aliphatic carbocycles. The average molecular weight is 436 g/mol. The largest absolute Gasteiger partial charge is 0.477 e. The Labute approximate surface area is 190 Å². The molecule has 6 heteroatoms. The first-order valence-corrected chi connectivity index (χ1v) is 11.6. The maximum Gasteiger partial charge on any atom is 0.265 e. The summed E-state index contributed by atoms with van der Waals surface area (Å²) >= 11 is 0. The van der Waals surface area contributed by atoms with Gasteiger partial charge < -0.3 is 19.9 Å². The molecule has 170 valence electrons. The maximum absolute atomic E-state index is 13.1. The fraction of sp³-hybridized carbons (Fsp3) is 0.462. The summed E-state index contributed by atoms with van der Waals surface area (Å²) in [6.07, 6.45) is 2.65. The summed E-state index contributed by atoms with van der Waals surface area (Å²) in [5.74, 6) is 0.884. The van der Waals surface area contributed by atoms with E-state index in [1.807, 2.05) is 53.1 Å². The highest BCUT2D eigenvalue weighted by atomic mass is 16.5. The van der Waals surface area contributed by atoms with E-state index in [1.165, 1.54) is 6.42 Å². The third-order valence-electron chi connectivity index (χ3n) is 6.33. The lowest BCUT2D eigenvalue weighted by Gasteiger charge is -2.38. The standard InChI is InChI=1S/C26H33N3O3/c1-18(2)20-11-9-10-19(3)25(20)27-24(30)17-29-16-23(26(31)28-14-7-4-8-15-28)32-22-13-6-5-12-21(22)29/h5-6,9-13,18,23H,4,7-8,14-17H2,1-3H3,(H,27,30)/t23-/m1/s1. The number of piperidine rings is 1. The van der Waals surface area contributed by atoms with Crippen LogP contribution in [0.5, 0.6) is 5.75 Å². The molecule has 1 N–H and O–H groups in total. The van der Waals surface area contributed by atoms with Crippen LogP contribution < -0.4 is 15.0 Å². The highest BCUT2D eigenvalue weighted by molar-refractivity contribution is 5.96. The lowest BCUT2D eigenvalue weighted by molar-refractivity contribution is -0.139. The van der Waals surface area contributed by atoms with Gasteiger partial charge >= 0.3 is 0 Å². The van der Waals surface area contributed by atoms with Gasteiger partial charge in [0.25, 0.3) is 5.91 Å². The summed E-state index contributed by atoms with van der Waals surface area (Å²) < 4.78 is 6.08. The van der Waals surface area contributed by atoms with Crippen molar-refractivity contribution in [3.8, 4) is 5.75 Å². The summed E-state index contributed by atoms with van der Waals surface area (Å²) in [7, 11) is 0. The molecule has 0 spiro atoms. The summed E-state index contributed by atoms with van der Waals surface area (Å²) in [5.41, 5.74) is 3.90. The Morgan fingerprint density at radius 2 is 1.81 bits per heavy atom. The minimum atomic E-state index is -0.597. The molecule has 0 aromatic heterocycles. The first-order valence-electron chi connectivity index (χ1n) is 11.6. The molecule has 1 saturated heterocycles. The molecule has 2 aromatic carbocycles. The van der Waals surface area contributed by atoms with Crippen LogP contribution in [-0.2, 0) is 9.59 Å². The Bertz CT molecular complexity index is 982. The number of aryl methyl sites for hydroxylation is 1. The topological polar surface area (TPSA) is 61.9 Å². The van der Waals surface area contributed by atoms with Gasteiger partial charge in [0.05, 0.1) is 18.8 Å². The molecule has 0 saturated carbocycles. The minimum absolute atomic E-state index is 0.0191. The number of nitrogens with zero attached hydrogens (tertiary/aromatic N) is 2. The van der Waals surface area contributed by atoms with Crippen molar-refractivity contribution in [3.05, 3.63) is 53.6 Å². The normalized spacial score (nSPS) is 18.2. The van der Waals surface area contributed by atoms with Crippen molar-refractivity contribution in [2.75, 3.05) is 36.4 Å². The van der Waals surface area contributed by atoms with Crippen LogP contribution in [0.3, 0.4) is 0 Å². The van der Waals surface area contributed by atoms with E-state index in [9.17, 15) is 9.59 Å². The quantitative estimate of drug-likeness (QED) is 0.759. The molecule has 0 unspecified atom stereocenters. The summed E-state index contributed by atoms with van der Waals surface area (Å²) in [6.45, 7) is 8.36. The van der Waals surface area contributed by atoms with Crippen LogP contribution in [0.2, 0.25) is 0 Å². The highest BCUT2D eigenvalue weighted by Gasteiger charge is 2.34. The molecular weight excluding hydrogens is 402 g/mol. The molecule has 0 radical (unpaired) electrons. The highest BCUT2D eigenvalue weighted by Crippen LogP contribution is 2.34. The number of fused-ring (bicyclic) bond motifs is 1. The molecule has 2 aromatic rings. The second-order valence-corrected chi connectivity index (χ2v) is 9.08. The first-order chi connectivity index (χ1) is 15.4. The minimum Gasteiger partial charge on any atom is -0.477 e. The Balaban J connectivity index is 1.52. The van der Waals surface area contributed by atoms with Crippen molar-refractivity contribution >= 4 is 23.2 Å². The van der Waals surface area contributed by atoms with Crippen LogP contribution in [-0.4, -0.2) is 49.0 Å². The number of nitrogens with one attached hydrogen (secondary N) is 1. The van der Waals surface area contributed by atoms with Gasteiger partial charge in [-0.05, 0) is 55.4 Å². The Morgan fingerprint density at radius 3 is 2.56 bits per heavy atom. The van der Waals surface area contributed by atoms with Crippen LogP contribution >= 0.6 is 0 Å². The Kier molecular flexibility index (Phi) is 6.68. The number of hydrogen-bond donors (Lipinski definition) is 1. The maximum atomic E-state index is 13.1. The molecule has 2 aliphatic rings. The van der Waals surface area contributed by atoms with E-state index in [0.717, 1.165) is 48.4 Å². The number of ether oxygens (including phenoxy) is 1. The first kappa shape index (κ1) is 22.2. The molecule has 2 amide bonds. The van der Waals surface area contributed by atoms with Crippen molar-refractivity contribution in [3.63, 3.8) is 0 Å². The molecule has 1 atom stereocenters. The van der Waals surface area contributed by atoms with Crippen molar-refractivity contribution in [2.24, 2.45) is 0 Å². The molecule has 1 fully saturated rings. The molecule has 2 aliphatic heterocycles. The fourth-order valence-corrected chi connectivity index (χ4v) is 4.60. The fourth-order valence-electron chi connectivity index (χ4n) is 4.60. The number of benzene rings is 2. The monoisotopic (exact) mass is 435 g/mol. The van der Waals surface area contributed by atoms with Crippen molar-refractivity contribution < 1.29 is 14.3 Å². The SMILES string of the molecule is Cc1cccc(C(C)C)c1NC(=O)CN1C[C@H](C(=O)N2CCCCC2)Oc2ccccc21. The molecule has 4 rings (SSSR count). The number of carbonyl (C=O) groups excluding carboxylic acids is 2. The van der Waals surface area contributed by atoms with Gasteiger partial charge in [-0.15, -0.1) is 0 Å². The van der Waals surface area contributed by atoms with E-state index in [-0.39, 0.29) is 18.4 Å². The zero-order valence-electron chi connectivity index (χ0n) is 19.3. The molecule has 2 heterocycles. The Morgan fingerprint density at radius 1 is 1.06 bits per heavy atom. The summed E-state index contributed by atoms with van der Waals surface area (Å²) in [6, 6.07) is 13.7. The van der Waals surface area contributed by atoms with Crippen molar-refractivity contribution in [1.29, 1.82) is 0 Å². The number of anilines is 2. The van der Waals surface area contributed by atoms with E-state index < -0.39 is 6.10 Å². The predicted octanol–water partition coefficient (Wildman–Crippen LogP) is 4.34. The number of hydrogen-bond acceptors (Lipinski definition) is 4. The number of para-hydroxylation sites is 3. The van der Waals surface area contributed by atoms with Gasteiger partial charge in [-0.25, -0.2) is 0 Å². The van der Waals surface area contributed by atoms with E-state index in [0.29, 0.717) is 18.2 Å². The number of likely N-dealkylation sites (tertiary alicyclic amines) is 1. The van der Waals surface area contributed by atoms with Gasteiger partial charge in [-0.3, -0.25) is 9.59 Å². The molecule has 0 bridgehead atoms. The smallest absolute Gasteiger partial charge is 0.265 e. The summed E-state index contributed by atoms with van der Waals surface area (Å²) in [4.78, 5) is 30.1. The van der Waals surface area contributed by atoms with E-state index >= 15 is 0 Å². The second-order valence-electron chi connectivity index (χ2n) is 9.08. The van der Waals surface area contributed by atoms with E-state index in [2.05, 4.69) is 25.2 Å². The van der Waals surface area contributed by atoms with Crippen LogP contribution in [0.1, 0.15) is 50.2 Å². The average Bonchev–Trinajstić information content (AvgIpc) is 2.80. The predicted molar refractivity (Wildman–Crippen MR) is 127 cm³/mol. The van der Waals surface area contributed by atoms with Crippen molar-refractivity contribution in [2.45, 2.75) is 52.1 Å².